The Morgan fingerprint density at radius 1 is 1.11 bits per heavy atom. The van der Waals surface area contributed by atoms with Gasteiger partial charge in [0.05, 0.1) is 7.11 Å². The number of halogens is 1. The number of oxime groups is 2. The number of rotatable bonds is 6. The second kappa shape index (κ2) is 11.1. The summed E-state index contributed by atoms with van der Waals surface area (Å²) >= 11 is 2.24. The molecule has 0 aliphatic heterocycles. The highest BCUT2D eigenvalue weighted by molar-refractivity contribution is 14.1. The van der Waals surface area contributed by atoms with Crippen molar-refractivity contribution in [3.05, 3.63) is 68.8 Å². The van der Waals surface area contributed by atoms with Crippen LogP contribution in [0, 0.1) is 15.4 Å². The zero-order valence-corrected chi connectivity index (χ0v) is 17.9. The topological polar surface area (TPSA) is 69.5 Å². The van der Waals surface area contributed by atoms with Crippen LogP contribution in [-0.2, 0) is 25.8 Å². The van der Waals surface area contributed by atoms with Gasteiger partial charge in [0.15, 0.2) is 5.71 Å². The molecule has 2 rings (SSSR count). The summed E-state index contributed by atoms with van der Waals surface area (Å²) in [4.78, 5) is 22.1. The molecular formula is C21H19IN2O4. The zero-order valence-electron chi connectivity index (χ0n) is 15.7. The third kappa shape index (κ3) is 6.39. The smallest absolute Gasteiger partial charge is 0.360 e. The first-order valence-electron chi connectivity index (χ1n) is 8.27. The Morgan fingerprint density at radius 3 is 2.61 bits per heavy atom. The number of nitrogens with zero attached hydrogens (tertiary/aromatic N) is 2. The lowest BCUT2D eigenvalue weighted by Crippen LogP contribution is -2.19. The van der Waals surface area contributed by atoms with Crippen molar-refractivity contribution in [2.75, 3.05) is 14.2 Å². The van der Waals surface area contributed by atoms with Gasteiger partial charge in [0.2, 0.25) is 0 Å². The molecule has 0 unspecified atom stereocenters. The number of esters is 1. The molecule has 0 aliphatic carbocycles. The number of carbonyl (C=O) groups excluding carboxylic acids is 1. The molecule has 0 saturated heterocycles. The number of hydrogen-bond donors (Lipinski definition) is 0. The molecule has 0 bridgehead atoms. The van der Waals surface area contributed by atoms with Gasteiger partial charge >= 0.3 is 5.97 Å². The summed E-state index contributed by atoms with van der Waals surface area (Å²) in [6.07, 6.45) is 0. The third-order valence-electron chi connectivity index (χ3n) is 3.47. The lowest BCUT2D eigenvalue weighted by atomic mass is 10.0. The largest absolute Gasteiger partial charge is 0.464 e. The monoisotopic (exact) mass is 490 g/mol. The molecule has 6 nitrogen and oxygen atoms in total. The summed E-state index contributed by atoms with van der Waals surface area (Å²) in [6, 6.07) is 15.0. The van der Waals surface area contributed by atoms with Crippen molar-refractivity contribution in [3.8, 4) is 11.8 Å². The summed E-state index contributed by atoms with van der Waals surface area (Å²) in [7, 11) is 2.65. The van der Waals surface area contributed by atoms with Crippen molar-refractivity contribution in [3.63, 3.8) is 0 Å². The van der Waals surface area contributed by atoms with E-state index < -0.39 is 5.97 Å². The Labute approximate surface area is 177 Å². The number of ether oxygens (including phenoxy) is 1. The van der Waals surface area contributed by atoms with Gasteiger partial charge in [-0.05, 0) is 53.6 Å². The maximum absolute atomic E-state index is 12.0. The highest BCUT2D eigenvalue weighted by Crippen LogP contribution is 2.13. The van der Waals surface area contributed by atoms with Gasteiger partial charge in [-0.25, -0.2) is 4.79 Å². The van der Waals surface area contributed by atoms with Gasteiger partial charge in [0.25, 0.3) is 0 Å². The Kier molecular flexibility index (Phi) is 8.49. The molecule has 0 saturated carbocycles. The predicted molar refractivity (Wildman–Crippen MR) is 116 cm³/mol. The van der Waals surface area contributed by atoms with E-state index in [1.54, 1.807) is 19.1 Å². The summed E-state index contributed by atoms with van der Waals surface area (Å²) in [5.74, 6) is 5.39. The van der Waals surface area contributed by atoms with Crippen LogP contribution in [0.25, 0.3) is 0 Å². The van der Waals surface area contributed by atoms with E-state index in [0.29, 0.717) is 16.8 Å². The van der Waals surface area contributed by atoms with Gasteiger partial charge in [-0.2, -0.15) is 0 Å². The highest BCUT2D eigenvalue weighted by Gasteiger charge is 2.19. The zero-order chi connectivity index (χ0) is 20.4. The van der Waals surface area contributed by atoms with Crippen LogP contribution in [0.3, 0.4) is 0 Å². The molecule has 0 fully saturated rings. The molecule has 0 aromatic heterocycles. The molecule has 144 valence electrons. The van der Waals surface area contributed by atoms with E-state index in [0.717, 1.165) is 9.13 Å². The van der Waals surface area contributed by atoms with Crippen molar-refractivity contribution < 1.29 is 19.2 Å². The number of carbonyl (C=O) groups is 1. The average molecular weight is 490 g/mol. The number of hydrogen-bond acceptors (Lipinski definition) is 6. The first-order valence-corrected chi connectivity index (χ1v) is 9.35. The van der Waals surface area contributed by atoms with E-state index >= 15 is 0 Å². The molecule has 0 amide bonds. The Hall–Kier alpha value is -2.86. The first kappa shape index (κ1) is 21.4. The van der Waals surface area contributed by atoms with E-state index in [-0.39, 0.29) is 12.3 Å². The summed E-state index contributed by atoms with van der Waals surface area (Å²) in [6.45, 7) is 1.90. The van der Waals surface area contributed by atoms with Crippen molar-refractivity contribution >= 4 is 40.0 Å². The van der Waals surface area contributed by atoms with Crippen molar-refractivity contribution in [1.82, 2.24) is 0 Å². The van der Waals surface area contributed by atoms with Crippen molar-refractivity contribution in [1.29, 1.82) is 0 Å². The van der Waals surface area contributed by atoms with E-state index in [1.807, 2.05) is 36.4 Å². The first-order chi connectivity index (χ1) is 13.5. The SMILES string of the molecule is CO/N=C(/C(=O)OC)c1ccccc1CO/N=C(\C)C#Cc1cccc(I)c1. The minimum Gasteiger partial charge on any atom is -0.464 e. The molecule has 0 aliphatic rings. The molecule has 0 N–H and O–H groups in total. The molecular weight excluding hydrogens is 471 g/mol. The Bertz CT molecular complexity index is 958. The van der Waals surface area contributed by atoms with Gasteiger partial charge in [-0.3, -0.25) is 0 Å². The number of methoxy groups -OCH3 is 1. The Balaban J connectivity index is 2.12. The van der Waals surface area contributed by atoms with Crippen molar-refractivity contribution in [2.24, 2.45) is 10.3 Å². The second-order valence-electron chi connectivity index (χ2n) is 5.48. The summed E-state index contributed by atoms with van der Waals surface area (Å²) < 4.78 is 5.88. The average Bonchev–Trinajstić information content (AvgIpc) is 2.70. The number of benzene rings is 2. The molecule has 0 heterocycles. The fourth-order valence-electron chi connectivity index (χ4n) is 2.21. The van der Waals surface area contributed by atoms with Crippen LogP contribution in [0.4, 0.5) is 0 Å². The van der Waals surface area contributed by atoms with Crippen LogP contribution >= 0.6 is 22.6 Å². The van der Waals surface area contributed by atoms with Crippen molar-refractivity contribution in [2.45, 2.75) is 13.5 Å². The van der Waals surface area contributed by atoms with Gasteiger partial charge in [-0.15, -0.1) is 0 Å². The van der Waals surface area contributed by atoms with Crippen LogP contribution < -0.4 is 0 Å². The molecule has 0 spiro atoms. The van der Waals surface area contributed by atoms with Gasteiger partial charge in [0.1, 0.15) is 19.4 Å². The fourth-order valence-corrected chi connectivity index (χ4v) is 2.75. The highest BCUT2D eigenvalue weighted by atomic mass is 127. The molecule has 7 heteroatoms. The second-order valence-corrected chi connectivity index (χ2v) is 6.73. The normalized spacial score (nSPS) is 11.3. The summed E-state index contributed by atoms with van der Waals surface area (Å²) in [5, 5.41) is 7.79. The van der Waals surface area contributed by atoms with Crippen LogP contribution in [0.1, 0.15) is 23.6 Å². The third-order valence-corrected chi connectivity index (χ3v) is 4.14. The van der Waals surface area contributed by atoms with Gasteiger partial charge in [-0.1, -0.05) is 46.6 Å². The lowest BCUT2D eigenvalue weighted by molar-refractivity contribution is -0.132. The Morgan fingerprint density at radius 2 is 1.89 bits per heavy atom. The molecule has 0 radical (unpaired) electrons. The quantitative estimate of drug-likeness (QED) is 0.203. The maximum Gasteiger partial charge on any atom is 0.360 e. The predicted octanol–water partition coefficient (Wildman–Crippen LogP) is 3.76. The maximum atomic E-state index is 12.0. The molecule has 0 atom stereocenters. The van der Waals surface area contributed by atoms with Crippen LogP contribution in [0.5, 0.6) is 0 Å². The van der Waals surface area contributed by atoms with Crippen LogP contribution in [0.2, 0.25) is 0 Å². The minimum absolute atomic E-state index is 0.0587. The lowest BCUT2D eigenvalue weighted by Gasteiger charge is -2.09. The van der Waals surface area contributed by atoms with Crippen LogP contribution in [-0.4, -0.2) is 31.6 Å². The van der Waals surface area contributed by atoms with E-state index in [1.165, 1.54) is 14.2 Å². The van der Waals surface area contributed by atoms with Gasteiger partial charge < -0.3 is 14.4 Å². The standard InChI is InChI=1S/C21H19IN2O4/c1-15(11-12-16-7-6-9-18(22)13-16)23-28-14-17-8-4-5-10-19(17)20(24-27-3)21(25)26-2/h4-10,13H,14H2,1-3H3/b23-15+,24-20+. The van der Waals surface area contributed by atoms with E-state index in [9.17, 15) is 4.79 Å². The molecule has 2 aromatic carbocycles. The van der Waals surface area contributed by atoms with Crippen LogP contribution in [0.15, 0.2) is 58.8 Å². The summed E-state index contributed by atoms with van der Waals surface area (Å²) in [5.41, 5.74) is 2.77. The molecule has 28 heavy (non-hydrogen) atoms. The van der Waals surface area contributed by atoms with E-state index in [2.05, 4.69) is 44.7 Å². The van der Waals surface area contributed by atoms with E-state index in [4.69, 9.17) is 14.4 Å². The fraction of sp³-hybridized carbons (Fsp3) is 0.190. The van der Waals surface area contributed by atoms with Gasteiger partial charge in [0, 0.05) is 20.3 Å². The minimum atomic E-state index is -0.600. The molecule has 2 aromatic rings.